The normalized spacial score (nSPS) is 14.4. The van der Waals surface area contributed by atoms with Crippen LogP contribution in [0.5, 0.6) is 0 Å². The van der Waals surface area contributed by atoms with E-state index in [9.17, 15) is 4.79 Å². The van der Waals surface area contributed by atoms with Crippen molar-refractivity contribution in [3.05, 3.63) is 0 Å². The Morgan fingerprint density at radius 1 is 1.35 bits per heavy atom. The van der Waals surface area contributed by atoms with Crippen molar-refractivity contribution in [3.63, 3.8) is 0 Å². The van der Waals surface area contributed by atoms with Crippen molar-refractivity contribution < 1.29 is 9.90 Å². The van der Waals surface area contributed by atoms with Gasteiger partial charge in [-0.15, -0.1) is 0 Å². The minimum Gasteiger partial charge on any atom is -0.480 e. The topological polar surface area (TPSA) is 52.6 Å². The van der Waals surface area contributed by atoms with Gasteiger partial charge in [0.2, 0.25) is 0 Å². The molecule has 0 bridgehead atoms. The van der Waals surface area contributed by atoms with E-state index in [0.717, 1.165) is 13.1 Å². The molecule has 0 aromatic carbocycles. The van der Waals surface area contributed by atoms with Crippen molar-refractivity contribution in [1.82, 2.24) is 10.2 Å². The smallest absolute Gasteiger partial charge is 0.320 e. The first-order valence-electron chi connectivity index (χ1n) is 6.29. The second-order valence-electron chi connectivity index (χ2n) is 6.30. The molecule has 1 atom stereocenters. The summed E-state index contributed by atoms with van der Waals surface area (Å²) in [5, 5.41) is 12.2. The maximum atomic E-state index is 11.1. The molecule has 0 aliphatic rings. The highest BCUT2D eigenvalue weighted by Gasteiger charge is 2.20. The number of carboxylic acids is 1. The van der Waals surface area contributed by atoms with Crippen LogP contribution in [-0.4, -0.2) is 48.2 Å². The monoisotopic (exact) mass is 244 g/mol. The van der Waals surface area contributed by atoms with Gasteiger partial charge in [-0.2, -0.15) is 0 Å². The summed E-state index contributed by atoms with van der Waals surface area (Å²) in [6, 6.07) is -0.249. The zero-order chi connectivity index (χ0) is 13.6. The lowest BCUT2D eigenvalue weighted by molar-refractivity contribution is -0.139. The maximum absolute atomic E-state index is 11.1. The molecule has 0 fully saturated rings. The third-order valence-corrected chi connectivity index (χ3v) is 2.38. The summed E-state index contributed by atoms with van der Waals surface area (Å²) in [5.74, 6) is -0.761. The lowest BCUT2D eigenvalue weighted by Gasteiger charge is -2.27. The molecule has 0 aliphatic carbocycles. The van der Waals surface area contributed by atoms with E-state index < -0.39 is 12.0 Å². The summed E-state index contributed by atoms with van der Waals surface area (Å²) in [5.41, 5.74) is 0.249. The van der Waals surface area contributed by atoms with Gasteiger partial charge in [0.05, 0.1) is 0 Å². The van der Waals surface area contributed by atoms with E-state index in [1.165, 1.54) is 0 Å². The summed E-state index contributed by atoms with van der Waals surface area (Å²) < 4.78 is 0. The van der Waals surface area contributed by atoms with Crippen molar-refractivity contribution in [1.29, 1.82) is 0 Å². The highest BCUT2D eigenvalue weighted by molar-refractivity contribution is 5.73. The van der Waals surface area contributed by atoms with Crippen LogP contribution in [0.3, 0.4) is 0 Å². The SMILES string of the molecule is CC(C)NC(CCN(C)CC(C)(C)C)C(=O)O. The van der Waals surface area contributed by atoms with E-state index in [1.54, 1.807) is 0 Å². The van der Waals surface area contributed by atoms with E-state index in [-0.39, 0.29) is 11.5 Å². The van der Waals surface area contributed by atoms with Crippen molar-refractivity contribution in [2.75, 3.05) is 20.1 Å². The fourth-order valence-corrected chi connectivity index (χ4v) is 1.92. The van der Waals surface area contributed by atoms with Crippen molar-refractivity contribution >= 4 is 5.97 Å². The average Bonchev–Trinajstić information content (AvgIpc) is 2.08. The van der Waals surface area contributed by atoms with Gasteiger partial charge in [-0.25, -0.2) is 0 Å². The fourth-order valence-electron chi connectivity index (χ4n) is 1.92. The molecule has 0 radical (unpaired) electrons. The van der Waals surface area contributed by atoms with Crippen LogP contribution in [0.1, 0.15) is 41.0 Å². The number of nitrogens with zero attached hydrogens (tertiary/aromatic N) is 1. The predicted octanol–water partition coefficient (Wildman–Crippen LogP) is 1.81. The number of aliphatic carboxylic acids is 1. The van der Waals surface area contributed by atoms with Crippen molar-refractivity contribution in [3.8, 4) is 0 Å². The Morgan fingerprint density at radius 3 is 2.24 bits per heavy atom. The Bertz CT molecular complexity index is 234. The minimum atomic E-state index is -0.761. The van der Waals surface area contributed by atoms with Gasteiger partial charge in [-0.1, -0.05) is 34.6 Å². The molecule has 0 heterocycles. The second-order valence-corrected chi connectivity index (χ2v) is 6.30. The van der Waals surface area contributed by atoms with Gasteiger partial charge >= 0.3 is 5.97 Å². The van der Waals surface area contributed by atoms with Gasteiger partial charge in [-0.3, -0.25) is 4.79 Å². The molecule has 0 aliphatic heterocycles. The first kappa shape index (κ1) is 16.4. The Hall–Kier alpha value is -0.610. The van der Waals surface area contributed by atoms with Crippen LogP contribution in [-0.2, 0) is 4.79 Å². The van der Waals surface area contributed by atoms with Gasteiger partial charge in [0.25, 0.3) is 0 Å². The molecule has 0 amide bonds. The lowest BCUT2D eigenvalue weighted by Crippen LogP contribution is -2.43. The second kappa shape index (κ2) is 6.97. The van der Waals surface area contributed by atoms with Crippen LogP contribution in [0.2, 0.25) is 0 Å². The summed E-state index contributed by atoms with van der Waals surface area (Å²) in [6.07, 6.45) is 0.639. The summed E-state index contributed by atoms with van der Waals surface area (Å²) in [7, 11) is 2.04. The van der Waals surface area contributed by atoms with Crippen molar-refractivity contribution in [2.24, 2.45) is 5.41 Å². The van der Waals surface area contributed by atoms with Gasteiger partial charge < -0.3 is 15.3 Å². The summed E-state index contributed by atoms with van der Waals surface area (Å²) in [4.78, 5) is 13.2. The summed E-state index contributed by atoms with van der Waals surface area (Å²) >= 11 is 0. The van der Waals surface area contributed by atoms with E-state index in [1.807, 2.05) is 20.9 Å². The zero-order valence-corrected chi connectivity index (χ0v) is 12.1. The molecule has 2 N–H and O–H groups in total. The average molecular weight is 244 g/mol. The van der Waals surface area contributed by atoms with Gasteiger partial charge in [0.15, 0.2) is 0 Å². The number of carbonyl (C=O) groups is 1. The third-order valence-electron chi connectivity index (χ3n) is 2.38. The number of rotatable bonds is 7. The van der Waals surface area contributed by atoms with Crippen LogP contribution in [0, 0.1) is 5.41 Å². The number of carboxylic acid groups (broad SMARTS) is 1. The van der Waals surface area contributed by atoms with E-state index in [0.29, 0.717) is 6.42 Å². The molecule has 0 aromatic heterocycles. The molecule has 1 unspecified atom stereocenters. The molecular weight excluding hydrogens is 216 g/mol. The van der Waals surface area contributed by atoms with Gasteiger partial charge in [-0.05, 0) is 25.4 Å². The van der Waals surface area contributed by atoms with Gasteiger partial charge in [0, 0.05) is 12.6 Å². The highest BCUT2D eigenvalue weighted by atomic mass is 16.4. The molecule has 0 saturated carbocycles. The third kappa shape index (κ3) is 9.12. The summed E-state index contributed by atoms with van der Waals surface area (Å²) in [6.45, 7) is 12.3. The molecule has 102 valence electrons. The molecule has 0 spiro atoms. The molecule has 0 saturated heterocycles. The van der Waals surface area contributed by atoms with Crippen LogP contribution >= 0.6 is 0 Å². The predicted molar refractivity (Wildman–Crippen MR) is 71.3 cm³/mol. The first-order valence-corrected chi connectivity index (χ1v) is 6.29. The van der Waals surface area contributed by atoms with Gasteiger partial charge in [0.1, 0.15) is 6.04 Å². The van der Waals surface area contributed by atoms with E-state index in [2.05, 4.69) is 31.0 Å². The molecule has 4 nitrogen and oxygen atoms in total. The Balaban J connectivity index is 4.08. The van der Waals surface area contributed by atoms with Crippen LogP contribution in [0.15, 0.2) is 0 Å². The lowest BCUT2D eigenvalue weighted by atomic mass is 9.96. The Morgan fingerprint density at radius 2 is 1.88 bits per heavy atom. The van der Waals surface area contributed by atoms with E-state index in [4.69, 9.17) is 5.11 Å². The largest absolute Gasteiger partial charge is 0.480 e. The molecule has 0 aromatic rings. The number of hydrogen-bond acceptors (Lipinski definition) is 3. The van der Waals surface area contributed by atoms with Crippen LogP contribution in [0.4, 0.5) is 0 Å². The van der Waals surface area contributed by atoms with Crippen LogP contribution in [0.25, 0.3) is 0 Å². The zero-order valence-electron chi connectivity index (χ0n) is 12.1. The van der Waals surface area contributed by atoms with Crippen LogP contribution < -0.4 is 5.32 Å². The molecule has 17 heavy (non-hydrogen) atoms. The highest BCUT2D eigenvalue weighted by Crippen LogP contribution is 2.14. The first-order chi connectivity index (χ1) is 7.61. The maximum Gasteiger partial charge on any atom is 0.320 e. The Kier molecular flexibility index (Phi) is 6.72. The fraction of sp³-hybridized carbons (Fsp3) is 0.923. The number of nitrogens with one attached hydrogen (secondary N) is 1. The molecular formula is C13H28N2O2. The van der Waals surface area contributed by atoms with E-state index >= 15 is 0 Å². The molecule has 4 heteroatoms. The standard InChI is InChI=1S/C13H28N2O2/c1-10(2)14-11(12(16)17)7-8-15(6)9-13(3,4)5/h10-11,14H,7-9H2,1-6H3,(H,16,17). The van der Waals surface area contributed by atoms with Crippen molar-refractivity contribution in [2.45, 2.75) is 53.1 Å². The number of hydrogen-bond donors (Lipinski definition) is 2. The minimum absolute atomic E-state index is 0.198. The Labute approximate surface area is 105 Å². The molecule has 0 rings (SSSR count). The quantitative estimate of drug-likeness (QED) is 0.717.